The van der Waals surface area contributed by atoms with E-state index >= 15 is 0 Å². The molecular weight excluding hydrogens is 380 g/mol. The third-order valence-corrected chi connectivity index (χ3v) is 4.87. The maximum Gasteiger partial charge on any atom is 0.490 e. The summed E-state index contributed by atoms with van der Waals surface area (Å²) in [6.45, 7) is 6.22. The Morgan fingerprint density at radius 3 is 2.36 bits per heavy atom. The van der Waals surface area contributed by atoms with Crippen LogP contribution in [-0.2, 0) is 16.1 Å². The van der Waals surface area contributed by atoms with Gasteiger partial charge in [-0.1, -0.05) is 18.2 Å². The van der Waals surface area contributed by atoms with Crippen molar-refractivity contribution in [3.05, 3.63) is 48.3 Å². The topological polar surface area (TPSA) is 60.9 Å². The average Bonchev–Trinajstić information content (AvgIpc) is 3.02. The Hall–Kier alpha value is -2.42. The van der Waals surface area contributed by atoms with E-state index < -0.39 is 12.1 Å². The molecule has 0 aliphatic carbocycles. The fraction of sp³-hybridized carbons (Fsp3) is 0.474. The molecule has 1 aromatic rings. The molecule has 1 amide bonds. The van der Waals surface area contributed by atoms with Crippen LogP contribution in [0.4, 0.5) is 17.6 Å². The summed E-state index contributed by atoms with van der Waals surface area (Å²) in [6.07, 6.45) is -0.707. The fourth-order valence-corrected chi connectivity index (χ4v) is 3.64. The van der Waals surface area contributed by atoms with E-state index in [2.05, 4.69) is 11.5 Å². The van der Waals surface area contributed by atoms with Gasteiger partial charge in [0.1, 0.15) is 5.82 Å². The monoisotopic (exact) mass is 402 g/mol. The molecule has 2 heterocycles. The van der Waals surface area contributed by atoms with Gasteiger partial charge in [0.05, 0.1) is 0 Å². The van der Waals surface area contributed by atoms with Crippen molar-refractivity contribution < 1.29 is 32.3 Å². The standard InChI is InChI=1S/C17H21FN2O.C2HF3O2/c1-2-10-20-16-9-11-19(15(16)7-8-17(20)21)12-13-3-5-14(18)6-4-13;3-2(4,5)1(6)7/h2-6,15-16H,1,7-12H2;(H,6,7)/t15-,16-;/m0./s1. The van der Waals surface area contributed by atoms with E-state index in [4.69, 9.17) is 9.90 Å². The van der Waals surface area contributed by atoms with Crippen molar-refractivity contribution in [2.75, 3.05) is 13.1 Å². The van der Waals surface area contributed by atoms with Crippen LogP contribution in [-0.4, -0.2) is 58.1 Å². The van der Waals surface area contributed by atoms with Crippen LogP contribution in [0, 0.1) is 5.82 Å². The zero-order chi connectivity index (χ0) is 20.9. The SMILES string of the molecule is C=CCN1C(=O)CC[C@H]2[C@@H]1CCN2Cc1ccc(F)cc1.O=C(O)C(F)(F)F. The first-order valence-corrected chi connectivity index (χ1v) is 8.82. The number of halogens is 4. The summed E-state index contributed by atoms with van der Waals surface area (Å²) in [6, 6.07) is 7.45. The van der Waals surface area contributed by atoms with Gasteiger partial charge in [0.2, 0.25) is 5.91 Å². The number of piperidine rings is 1. The highest BCUT2D eigenvalue weighted by Gasteiger charge is 2.42. The van der Waals surface area contributed by atoms with Gasteiger partial charge in [-0.05, 0) is 30.5 Å². The van der Waals surface area contributed by atoms with Crippen molar-refractivity contribution in [2.45, 2.75) is 44.1 Å². The van der Waals surface area contributed by atoms with Crippen molar-refractivity contribution in [1.82, 2.24) is 9.80 Å². The number of rotatable bonds is 4. The van der Waals surface area contributed by atoms with Gasteiger partial charge in [-0.2, -0.15) is 13.2 Å². The van der Waals surface area contributed by atoms with Crippen LogP contribution in [0.3, 0.4) is 0 Å². The summed E-state index contributed by atoms with van der Waals surface area (Å²) in [5.74, 6) is -2.70. The zero-order valence-corrected chi connectivity index (χ0v) is 15.2. The lowest BCUT2D eigenvalue weighted by Crippen LogP contribution is -2.52. The molecule has 0 spiro atoms. The smallest absolute Gasteiger partial charge is 0.475 e. The van der Waals surface area contributed by atoms with Gasteiger partial charge in [0.25, 0.3) is 0 Å². The second kappa shape index (κ2) is 9.18. The number of carbonyl (C=O) groups is 2. The van der Waals surface area contributed by atoms with E-state index in [1.807, 2.05) is 23.1 Å². The first kappa shape index (κ1) is 21.9. The summed E-state index contributed by atoms with van der Waals surface area (Å²) in [5.41, 5.74) is 1.13. The number of amides is 1. The maximum atomic E-state index is 13.0. The molecule has 154 valence electrons. The Morgan fingerprint density at radius 2 is 1.82 bits per heavy atom. The maximum absolute atomic E-state index is 13.0. The predicted octanol–water partition coefficient (Wildman–Crippen LogP) is 3.21. The molecule has 2 atom stereocenters. The van der Waals surface area contributed by atoms with E-state index in [1.165, 1.54) is 12.1 Å². The van der Waals surface area contributed by atoms with Gasteiger partial charge < -0.3 is 10.0 Å². The number of carbonyl (C=O) groups excluding carboxylic acids is 1. The van der Waals surface area contributed by atoms with Crippen LogP contribution in [0.1, 0.15) is 24.8 Å². The van der Waals surface area contributed by atoms with E-state index in [-0.39, 0.29) is 11.7 Å². The first-order valence-electron chi connectivity index (χ1n) is 8.82. The van der Waals surface area contributed by atoms with Crippen LogP contribution < -0.4 is 0 Å². The summed E-state index contributed by atoms with van der Waals surface area (Å²) in [7, 11) is 0. The fourth-order valence-electron chi connectivity index (χ4n) is 3.64. The third kappa shape index (κ3) is 5.54. The van der Waals surface area contributed by atoms with Crippen LogP contribution >= 0.6 is 0 Å². The lowest BCUT2D eigenvalue weighted by atomic mass is 9.96. The highest BCUT2D eigenvalue weighted by atomic mass is 19.4. The predicted molar refractivity (Wildman–Crippen MR) is 93.8 cm³/mol. The highest BCUT2D eigenvalue weighted by molar-refractivity contribution is 5.78. The van der Waals surface area contributed by atoms with Gasteiger partial charge in [0.15, 0.2) is 0 Å². The Balaban J connectivity index is 0.000000345. The van der Waals surface area contributed by atoms with E-state index in [0.717, 1.165) is 31.5 Å². The molecule has 9 heteroatoms. The highest BCUT2D eigenvalue weighted by Crippen LogP contribution is 2.32. The Morgan fingerprint density at radius 1 is 1.21 bits per heavy atom. The normalized spacial score (nSPS) is 22.3. The Labute approximate surface area is 160 Å². The minimum atomic E-state index is -5.08. The van der Waals surface area contributed by atoms with Crippen LogP contribution in [0.15, 0.2) is 36.9 Å². The lowest BCUT2D eigenvalue weighted by Gasteiger charge is -2.39. The number of likely N-dealkylation sites (tertiary alicyclic amines) is 2. The van der Waals surface area contributed by atoms with Gasteiger partial charge in [-0.3, -0.25) is 9.69 Å². The van der Waals surface area contributed by atoms with Crippen LogP contribution in [0.5, 0.6) is 0 Å². The number of aliphatic carboxylic acids is 1. The number of carboxylic acids is 1. The summed E-state index contributed by atoms with van der Waals surface area (Å²) in [5, 5.41) is 7.12. The number of hydrogen-bond donors (Lipinski definition) is 1. The number of nitrogens with zero attached hydrogens (tertiary/aromatic N) is 2. The molecule has 5 nitrogen and oxygen atoms in total. The molecule has 1 N–H and O–H groups in total. The molecule has 0 unspecified atom stereocenters. The number of fused-ring (bicyclic) bond motifs is 1. The molecule has 0 bridgehead atoms. The number of carboxylic acid groups (broad SMARTS) is 1. The molecule has 0 saturated carbocycles. The van der Waals surface area contributed by atoms with E-state index in [1.54, 1.807) is 0 Å². The summed E-state index contributed by atoms with van der Waals surface area (Å²) < 4.78 is 44.7. The number of hydrogen-bond acceptors (Lipinski definition) is 3. The number of alkyl halides is 3. The lowest BCUT2D eigenvalue weighted by molar-refractivity contribution is -0.192. The second-order valence-electron chi connectivity index (χ2n) is 6.70. The summed E-state index contributed by atoms with van der Waals surface area (Å²) in [4.78, 5) is 25.4. The minimum absolute atomic E-state index is 0.196. The molecule has 2 fully saturated rings. The van der Waals surface area contributed by atoms with Crippen molar-refractivity contribution >= 4 is 11.9 Å². The third-order valence-electron chi connectivity index (χ3n) is 4.87. The van der Waals surface area contributed by atoms with Gasteiger partial charge in [0, 0.05) is 38.1 Å². The molecule has 2 saturated heterocycles. The zero-order valence-electron chi connectivity index (χ0n) is 15.2. The molecule has 0 radical (unpaired) electrons. The number of benzene rings is 1. The summed E-state index contributed by atoms with van der Waals surface area (Å²) >= 11 is 0. The van der Waals surface area contributed by atoms with Crippen molar-refractivity contribution in [3.8, 4) is 0 Å². The second-order valence-corrected chi connectivity index (χ2v) is 6.70. The molecule has 2 aliphatic rings. The molecular formula is C19H22F4N2O3. The molecule has 1 aromatic carbocycles. The Bertz CT molecular complexity index is 706. The van der Waals surface area contributed by atoms with Gasteiger partial charge in [-0.25, -0.2) is 9.18 Å². The molecule has 3 rings (SSSR count). The Kier molecular flexibility index (Phi) is 7.17. The molecule has 0 aromatic heterocycles. The van der Waals surface area contributed by atoms with Crippen molar-refractivity contribution in [1.29, 1.82) is 0 Å². The van der Waals surface area contributed by atoms with Crippen molar-refractivity contribution in [3.63, 3.8) is 0 Å². The van der Waals surface area contributed by atoms with Crippen molar-refractivity contribution in [2.24, 2.45) is 0 Å². The van der Waals surface area contributed by atoms with Gasteiger partial charge in [-0.15, -0.1) is 6.58 Å². The largest absolute Gasteiger partial charge is 0.490 e. The van der Waals surface area contributed by atoms with Crippen LogP contribution in [0.25, 0.3) is 0 Å². The van der Waals surface area contributed by atoms with Crippen LogP contribution in [0.2, 0.25) is 0 Å². The average molecular weight is 402 g/mol. The molecule has 2 aliphatic heterocycles. The van der Waals surface area contributed by atoms with E-state index in [0.29, 0.717) is 25.0 Å². The quantitative estimate of drug-likeness (QED) is 0.621. The van der Waals surface area contributed by atoms with Gasteiger partial charge >= 0.3 is 12.1 Å². The minimum Gasteiger partial charge on any atom is -0.475 e. The van der Waals surface area contributed by atoms with E-state index in [9.17, 15) is 22.4 Å². The molecule has 28 heavy (non-hydrogen) atoms. The first-order chi connectivity index (χ1) is 13.1.